The molecule has 0 spiro atoms. The lowest BCUT2D eigenvalue weighted by molar-refractivity contribution is 0.977. The number of anilines is 4. The fourth-order valence-electron chi connectivity index (χ4n) is 8.36. The van der Waals surface area contributed by atoms with Crippen LogP contribution in [0.25, 0.3) is 58.9 Å². The molecule has 0 amide bonds. The molecule has 0 atom stereocenters. The Balaban J connectivity index is 1.20. The van der Waals surface area contributed by atoms with Gasteiger partial charge in [-0.2, -0.15) is 0 Å². The van der Waals surface area contributed by atoms with E-state index in [1.807, 2.05) is 23.6 Å². The lowest BCUT2D eigenvalue weighted by Crippen LogP contribution is -2.25. The first-order valence-corrected chi connectivity index (χ1v) is 18.0. The van der Waals surface area contributed by atoms with Crippen LogP contribution in [0.4, 0.5) is 22.7 Å². The molecule has 10 rings (SSSR count). The summed E-state index contributed by atoms with van der Waals surface area (Å²) in [4.78, 5) is 9.80. The molecular weight excluding hydrogens is 629 g/mol. The van der Waals surface area contributed by atoms with E-state index in [0.717, 1.165) is 18.1 Å². The predicted molar refractivity (Wildman–Crippen MR) is 213 cm³/mol. The number of hydrogen-bond donors (Lipinski definition) is 0. The summed E-state index contributed by atoms with van der Waals surface area (Å²) in [5.74, 6) is 0. The van der Waals surface area contributed by atoms with Crippen molar-refractivity contribution in [3.63, 3.8) is 0 Å². The number of rotatable bonds is 4. The largest absolute Gasteiger partial charge is 0.321 e. The van der Waals surface area contributed by atoms with E-state index < -0.39 is 0 Å². The second-order valence-electron chi connectivity index (χ2n) is 13.4. The quantitative estimate of drug-likeness (QED) is 0.187. The van der Waals surface area contributed by atoms with Crippen LogP contribution in [0.5, 0.6) is 0 Å². The summed E-state index contributed by atoms with van der Waals surface area (Å²) in [5.41, 5.74) is 14.5. The number of nitrogens with zero attached hydrogens (tertiary/aromatic N) is 4. The number of aryl methyl sites for hydroxylation is 3. The number of aromatic nitrogens is 2. The SMILES string of the molecule is Cc1cc(C)c(N2CN(c3cccc(-n4c5ccccc5c5c6sc7ccccc7c6c(-c6ccccn6)cc54)c3)c3ccccc32)c(C)c1. The maximum Gasteiger partial charge on any atom is 0.100 e. The van der Waals surface area contributed by atoms with Gasteiger partial charge in [0.05, 0.1) is 28.1 Å². The lowest BCUT2D eigenvalue weighted by Gasteiger charge is -2.26. The van der Waals surface area contributed by atoms with E-state index in [0.29, 0.717) is 0 Å². The second-order valence-corrected chi connectivity index (χ2v) is 14.5. The number of benzene rings is 6. The van der Waals surface area contributed by atoms with Gasteiger partial charge in [-0.3, -0.25) is 4.98 Å². The molecule has 0 N–H and O–H groups in total. The fourth-order valence-corrected chi connectivity index (χ4v) is 9.64. The van der Waals surface area contributed by atoms with Gasteiger partial charge in [0.15, 0.2) is 0 Å². The van der Waals surface area contributed by atoms with Gasteiger partial charge < -0.3 is 14.4 Å². The maximum atomic E-state index is 4.87. The van der Waals surface area contributed by atoms with Crippen molar-refractivity contribution in [2.24, 2.45) is 0 Å². The van der Waals surface area contributed by atoms with Gasteiger partial charge in [-0.1, -0.05) is 78.4 Å². The molecule has 1 aliphatic heterocycles. The Morgan fingerprint density at radius 2 is 1.28 bits per heavy atom. The van der Waals surface area contributed by atoms with E-state index in [9.17, 15) is 0 Å². The van der Waals surface area contributed by atoms with Crippen LogP contribution in [0.2, 0.25) is 0 Å². The monoisotopic (exact) mass is 662 g/mol. The summed E-state index contributed by atoms with van der Waals surface area (Å²) in [7, 11) is 0. The molecule has 3 aromatic heterocycles. The van der Waals surface area contributed by atoms with Crippen molar-refractivity contribution < 1.29 is 0 Å². The van der Waals surface area contributed by atoms with E-state index in [1.54, 1.807) is 0 Å². The molecule has 4 heterocycles. The number of para-hydroxylation sites is 3. The van der Waals surface area contributed by atoms with Crippen molar-refractivity contribution >= 4 is 76.1 Å². The van der Waals surface area contributed by atoms with Gasteiger partial charge in [0, 0.05) is 59.8 Å². The Labute approximate surface area is 295 Å². The van der Waals surface area contributed by atoms with Crippen molar-refractivity contribution in [1.29, 1.82) is 0 Å². The Morgan fingerprint density at radius 3 is 2.08 bits per heavy atom. The Hall–Kier alpha value is -5.91. The zero-order valence-electron chi connectivity index (χ0n) is 28.2. The molecule has 0 aliphatic carbocycles. The van der Waals surface area contributed by atoms with Crippen molar-refractivity contribution in [2.75, 3.05) is 16.5 Å². The smallest absolute Gasteiger partial charge is 0.100 e. The number of thiophene rings is 1. The van der Waals surface area contributed by atoms with Crippen molar-refractivity contribution in [3.8, 4) is 16.9 Å². The van der Waals surface area contributed by atoms with Crippen molar-refractivity contribution in [2.45, 2.75) is 20.8 Å². The second kappa shape index (κ2) is 11.1. The van der Waals surface area contributed by atoms with E-state index in [1.165, 1.54) is 87.0 Å². The summed E-state index contributed by atoms with van der Waals surface area (Å²) in [6.07, 6.45) is 1.90. The molecule has 0 fully saturated rings. The van der Waals surface area contributed by atoms with E-state index in [-0.39, 0.29) is 0 Å². The van der Waals surface area contributed by atoms with Gasteiger partial charge in [0.25, 0.3) is 0 Å². The number of hydrogen-bond acceptors (Lipinski definition) is 4. The summed E-state index contributed by atoms with van der Waals surface area (Å²) in [6, 6.07) is 48.7. The van der Waals surface area contributed by atoms with Gasteiger partial charge in [-0.15, -0.1) is 11.3 Å². The van der Waals surface area contributed by atoms with E-state index >= 15 is 0 Å². The Kier molecular flexibility index (Phi) is 6.42. The molecule has 50 heavy (non-hydrogen) atoms. The van der Waals surface area contributed by atoms with Crippen LogP contribution in [0, 0.1) is 20.8 Å². The summed E-state index contributed by atoms with van der Waals surface area (Å²) >= 11 is 1.89. The van der Waals surface area contributed by atoms with Crippen molar-refractivity contribution in [3.05, 3.63) is 156 Å². The summed E-state index contributed by atoms with van der Waals surface area (Å²) in [6.45, 7) is 7.39. The van der Waals surface area contributed by atoms with Gasteiger partial charge in [0.2, 0.25) is 0 Å². The van der Waals surface area contributed by atoms with Gasteiger partial charge in [-0.25, -0.2) is 0 Å². The Morgan fingerprint density at radius 1 is 0.580 bits per heavy atom. The van der Waals surface area contributed by atoms with Gasteiger partial charge >= 0.3 is 0 Å². The number of fused-ring (bicyclic) bond motifs is 8. The van der Waals surface area contributed by atoms with Gasteiger partial charge in [0.1, 0.15) is 6.67 Å². The molecular formula is C45H34N4S. The maximum absolute atomic E-state index is 4.87. The Bertz CT molecular complexity index is 2770. The van der Waals surface area contributed by atoms with Crippen LogP contribution < -0.4 is 9.80 Å². The summed E-state index contributed by atoms with van der Waals surface area (Å²) in [5, 5.41) is 5.12. The first-order valence-electron chi connectivity index (χ1n) is 17.2. The molecule has 6 aromatic carbocycles. The average Bonchev–Trinajstić information content (AvgIpc) is 3.81. The number of pyridine rings is 1. The fraction of sp³-hybridized carbons (Fsp3) is 0.0889. The molecule has 0 bridgehead atoms. The highest BCUT2D eigenvalue weighted by molar-refractivity contribution is 7.27. The molecule has 0 saturated carbocycles. The molecule has 4 nitrogen and oxygen atoms in total. The highest BCUT2D eigenvalue weighted by Gasteiger charge is 2.30. The minimum absolute atomic E-state index is 0.743. The minimum Gasteiger partial charge on any atom is -0.321 e. The van der Waals surface area contributed by atoms with Crippen LogP contribution in [-0.4, -0.2) is 16.2 Å². The van der Waals surface area contributed by atoms with Crippen LogP contribution in [-0.2, 0) is 0 Å². The topological polar surface area (TPSA) is 24.3 Å². The highest BCUT2D eigenvalue weighted by Crippen LogP contribution is 2.49. The third-order valence-electron chi connectivity index (χ3n) is 10.3. The first-order chi connectivity index (χ1) is 24.5. The molecule has 0 saturated heterocycles. The zero-order valence-corrected chi connectivity index (χ0v) is 29.0. The molecule has 9 aromatic rings. The standard InChI is InChI=1S/C45H34N4S/c1-28-23-29(2)44(30(3)24-28)48-27-47(38-19-7-8-20-39(38)48)31-13-12-14-32(25-31)49-37-18-6-4-15-33(37)43-40(49)26-35(36-17-10-11-22-46-36)42-34-16-5-9-21-41(34)50-45(42)43/h4-26H,27H2,1-3H3. The van der Waals surface area contributed by atoms with Crippen LogP contribution in [0.3, 0.4) is 0 Å². The van der Waals surface area contributed by atoms with E-state index in [2.05, 4.69) is 163 Å². The first kappa shape index (κ1) is 29.0. The zero-order chi connectivity index (χ0) is 33.5. The molecule has 1 aliphatic rings. The summed E-state index contributed by atoms with van der Waals surface area (Å²) < 4.78 is 5.06. The van der Waals surface area contributed by atoms with Crippen LogP contribution in [0.15, 0.2) is 140 Å². The van der Waals surface area contributed by atoms with Crippen LogP contribution >= 0.6 is 11.3 Å². The molecule has 5 heteroatoms. The highest BCUT2D eigenvalue weighted by atomic mass is 32.1. The minimum atomic E-state index is 0.743. The normalized spacial score (nSPS) is 12.9. The molecule has 240 valence electrons. The van der Waals surface area contributed by atoms with Crippen LogP contribution in [0.1, 0.15) is 16.7 Å². The molecule has 0 unspecified atom stereocenters. The van der Waals surface area contributed by atoms with Gasteiger partial charge in [-0.05, 0) is 92.6 Å². The lowest BCUT2D eigenvalue weighted by atomic mass is 10.00. The van der Waals surface area contributed by atoms with Crippen molar-refractivity contribution in [1.82, 2.24) is 9.55 Å². The molecule has 0 radical (unpaired) electrons. The average molecular weight is 663 g/mol. The third-order valence-corrected chi connectivity index (χ3v) is 11.5. The third kappa shape index (κ3) is 4.26. The predicted octanol–water partition coefficient (Wildman–Crippen LogP) is 12.4. The van der Waals surface area contributed by atoms with E-state index in [4.69, 9.17) is 4.98 Å².